The molecule has 2 nitrogen and oxygen atoms in total. The van der Waals surface area contributed by atoms with Crippen LogP contribution in [0.2, 0.25) is 0 Å². The van der Waals surface area contributed by atoms with E-state index in [2.05, 4.69) is 0 Å². The molecule has 0 atom stereocenters. The van der Waals surface area contributed by atoms with Crippen LogP contribution in [0.1, 0.15) is 44.4 Å². The van der Waals surface area contributed by atoms with Gasteiger partial charge >= 0.3 is 12.4 Å². The highest BCUT2D eigenvalue weighted by Crippen LogP contribution is 2.44. The van der Waals surface area contributed by atoms with Gasteiger partial charge in [0.05, 0.1) is 11.1 Å². The second kappa shape index (κ2) is 7.02. The summed E-state index contributed by atoms with van der Waals surface area (Å²) < 4.78 is 93.0. The summed E-state index contributed by atoms with van der Waals surface area (Å²) in [6.45, 7) is 4.15. The summed E-state index contributed by atoms with van der Waals surface area (Å²) in [6, 6.07) is 10.2. The summed E-state index contributed by atoms with van der Waals surface area (Å²) in [5.41, 5.74) is -4.27. The minimum atomic E-state index is -4.95. The molecule has 0 spiro atoms. The van der Waals surface area contributed by atoms with Crippen LogP contribution in [-0.2, 0) is 28.0 Å². The highest BCUT2D eigenvalue weighted by Gasteiger charge is 2.52. The van der Waals surface area contributed by atoms with Gasteiger partial charge in [-0.05, 0) is 33.8 Å². The van der Waals surface area contributed by atoms with Crippen molar-refractivity contribution < 1.29 is 35.7 Å². The van der Waals surface area contributed by atoms with Crippen molar-refractivity contribution in [1.82, 2.24) is 0 Å². The second-order valence-electron chi connectivity index (χ2n) is 8.65. The fraction of sp³-hybridized carbons (Fsp3) is 0.429. The maximum atomic E-state index is 13.4. The third kappa shape index (κ3) is 4.23. The van der Waals surface area contributed by atoms with Crippen LogP contribution in [0.25, 0.3) is 0 Å². The summed E-state index contributed by atoms with van der Waals surface area (Å²) in [5.74, 6) is 0. The maximum Gasteiger partial charge on any atom is 0.416 e. The molecule has 1 fully saturated rings. The van der Waals surface area contributed by atoms with Gasteiger partial charge < -0.3 is 9.31 Å². The summed E-state index contributed by atoms with van der Waals surface area (Å²) >= 11 is 0. The molecule has 164 valence electrons. The van der Waals surface area contributed by atoms with Crippen molar-refractivity contribution in [3.05, 3.63) is 65.2 Å². The number of alkyl halides is 6. The average molecular weight is 431 g/mol. The van der Waals surface area contributed by atoms with E-state index in [1.807, 2.05) is 0 Å². The van der Waals surface area contributed by atoms with E-state index in [-0.39, 0.29) is 17.8 Å². The van der Waals surface area contributed by atoms with Crippen molar-refractivity contribution in [3.63, 3.8) is 0 Å². The number of benzene rings is 2. The Morgan fingerprint density at radius 3 is 1.57 bits per heavy atom. The molecule has 0 saturated carbocycles. The van der Waals surface area contributed by atoms with E-state index in [0.717, 1.165) is 0 Å². The van der Waals surface area contributed by atoms with E-state index < -0.39 is 41.2 Å². The van der Waals surface area contributed by atoms with Gasteiger partial charge in [-0.15, -0.1) is 0 Å². The Kier molecular flexibility index (Phi) is 5.31. The third-order valence-corrected chi connectivity index (χ3v) is 5.89. The van der Waals surface area contributed by atoms with Gasteiger partial charge in [0.2, 0.25) is 0 Å². The predicted molar refractivity (Wildman–Crippen MR) is 102 cm³/mol. The maximum absolute atomic E-state index is 13.4. The molecular weight excluding hydrogens is 409 g/mol. The molecule has 0 aliphatic carbocycles. The quantitative estimate of drug-likeness (QED) is 0.455. The minimum Gasteiger partial charge on any atom is -0.558 e. The van der Waals surface area contributed by atoms with Gasteiger partial charge in [-0.2, -0.15) is 31.8 Å². The lowest BCUT2D eigenvalue weighted by molar-refractivity contribution is -0.142. The van der Waals surface area contributed by atoms with E-state index >= 15 is 0 Å². The zero-order chi connectivity index (χ0) is 22.6. The van der Waals surface area contributed by atoms with Crippen molar-refractivity contribution in [1.29, 1.82) is 0 Å². The smallest absolute Gasteiger partial charge is 0.416 e. The van der Waals surface area contributed by atoms with Crippen LogP contribution in [0.3, 0.4) is 0 Å². The Labute approximate surface area is 171 Å². The molecule has 1 aliphatic rings. The van der Waals surface area contributed by atoms with E-state index in [1.54, 1.807) is 58.0 Å². The van der Waals surface area contributed by atoms with E-state index in [0.29, 0.717) is 17.7 Å². The van der Waals surface area contributed by atoms with Crippen LogP contribution >= 0.6 is 0 Å². The van der Waals surface area contributed by atoms with E-state index in [9.17, 15) is 26.3 Å². The molecule has 30 heavy (non-hydrogen) atoms. The summed E-state index contributed by atoms with van der Waals surface area (Å²) in [7, 11) is 0. The van der Waals surface area contributed by atoms with Crippen molar-refractivity contribution in [2.24, 2.45) is 0 Å². The molecule has 0 amide bonds. The molecule has 1 saturated heterocycles. The zero-order valence-corrected chi connectivity index (χ0v) is 17.0. The van der Waals surface area contributed by atoms with Gasteiger partial charge in [-0.25, -0.2) is 0 Å². The molecule has 0 N–H and O–H groups in total. The first-order chi connectivity index (χ1) is 13.6. The highest BCUT2D eigenvalue weighted by molar-refractivity contribution is 6.81. The second-order valence-corrected chi connectivity index (χ2v) is 8.65. The van der Waals surface area contributed by atoms with Crippen molar-refractivity contribution in [3.8, 4) is 0 Å². The molecular formula is C21H22BF6O2-. The lowest BCUT2D eigenvalue weighted by Gasteiger charge is -2.39. The Hall–Kier alpha value is -2.00. The van der Waals surface area contributed by atoms with Crippen LogP contribution in [0.4, 0.5) is 26.3 Å². The van der Waals surface area contributed by atoms with Crippen LogP contribution in [0.15, 0.2) is 48.5 Å². The van der Waals surface area contributed by atoms with Crippen LogP contribution in [0, 0.1) is 0 Å². The number of halogens is 6. The number of hydrogen-bond acceptors (Lipinski definition) is 2. The first kappa shape index (κ1) is 22.7. The Balaban J connectivity index is 2.24. The molecule has 2 aromatic rings. The summed E-state index contributed by atoms with van der Waals surface area (Å²) in [6.07, 6.45) is -9.90. The van der Waals surface area contributed by atoms with Gasteiger partial charge in [0.15, 0.2) is 0 Å². The highest BCUT2D eigenvalue weighted by atomic mass is 19.4. The Morgan fingerprint density at radius 1 is 0.733 bits per heavy atom. The monoisotopic (exact) mass is 431 g/mol. The van der Waals surface area contributed by atoms with Gasteiger partial charge in [-0.1, -0.05) is 54.3 Å². The van der Waals surface area contributed by atoms with E-state index in [4.69, 9.17) is 9.31 Å². The van der Waals surface area contributed by atoms with Gasteiger partial charge in [0.1, 0.15) is 0 Å². The lowest BCUT2D eigenvalue weighted by atomic mass is 9.47. The largest absolute Gasteiger partial charge is 0.558 e. The molecule has 1 aliphatic heterocycles. The Morgan fingerprint density at radius 2 is 1.17 bits per heavy atom. The molecule has 0 bridgehead atoms. The molecule has 1 heterocycles. The summed E-state index contributed by atoms with van der Waals surface area (Å²) in [4.78, 5) is 0. The van der Waals surface area contributed by atoms with Gasteiger partial charge in [-0.3, -0.25) is 0 Å². The molecule has 0 aromatic heterocycles. The van der Waals surface area contributed by atoms with E-state index in [1.165, 1.54) is 0 Å². The molecule has 0 unspecified atom stereocenters. The number of rotatable bonds is 3. The van der Waals surface area contributed by atoms with Crippen LogP contribution in [0.5, 0.6) is 0 Å². The van der Waals surface area contributed by atoms with Crippen molar-refractivity contribution in [2.45, 2.75) is 57.6 Å². The lowest BCUT2D eigenvalue weighted by Crippen LogP contribution is -2.54. The molecule has 2 aromatic carbocycles. The van der Waals surface area contributed by atoms with Crippen LogP contribution < -0.4 is 5.46 Å². The van der Waals surface area contributed by atoms with Gasteiger partial charge in [0, 0.05) is 11.2 Å². The molecule has 0 radical (unpaired) electrons. The SMILES string of the molecule is CC1(C)O[B-](Cc2ccccc2)(c2cc(C(F)(F)F)cc(C(F)(F)F)c2)OC1(C)C. The van der Waals surface area contributed by atoms with Crippen molar-refractivity contribution >= 4 is 12.0 Å². The summed E-state index contributed by atoms with van der Waals surface area (Å²) in [5, 5.41) is 0. The van der Waals surface area contributed by atoms with Crippen molar-refractivity contribution in [2.75, 3.05) is 0 Å². The normalized spacial score (nSPS) is 20.3. The first-order valence-corrected chi connectivity index (χ1v) is 9.46. The molecule has 9 heteroatoms. The first-order valence-electron chi connectivity index (χ1n) is 9.46. The third-order valence-electron chi connectivity index (χ3n) is 5.89. The van der Waals surface area contributed by atoms with Gasteiger partial charge in [0.25, 0.3) is 6.55 Å². The standard InChI is InChI=1S/C21H22BF6O2/c1-18(2)19(3,4)30-22(29-18,13-14-8-6-5-7-9-14)17-11-15(20(23,24)25)10-16(12-17)21(26,27)28/h5-12H,13H2,1-4H3/q-1. The van der Waals surface area contributed by atoms with Crippen LogP contribution in [-0.4, -0.2) is 17.8 Å². The number of hydrogen-bond donors (Lipinski definition) is 0. The minimum absolute atomic E-state index is 0.00626. The predicted octanol–water partition coefficient (Wildman–Crippen LogP) is 5.76. The topological polar surface area (TPSA) is 18.5 Å². The molecule has 3 rings (SSSR count). The fourth-order valence-corrected chi connectivity index (χ4v) is 3.75. The zero-order valence-electron chi connectivity index (χ0n) is 17.0. The Bertz CT molecular complexity index is 871. The fourth-order valence-electron chi connectivity index (χ4n) is 3.75. The average Bonchev–Trinajstić information content (AvgIpc) is 2.78.